The van der Waals surface area contributed by atoms with Crippen molar-refractivity contribution in [3.63, 3.8) is 0 Å². The highest BCUT2D eigenvalue weighted by molar-refractivity contribution is 6.01. The van der Waals surface area contributed by atoms with Crippen LogP contribution in [0.5, 0.6) is 11.5 Å². The van der Waals surface area contributed by atoms with E-state index < -0.39 is 0 Å². The molecule has 0 fully saturated rings. The quantitative estimate of drug-likeness (QED) is 0.692. The fraction of sp³-hybridized carbons (Fsp3) is 0.333. The summed E-state index contributed by atoms with van der Waals surface area (Å²) in [7, 11) is 3.17. The molecule has 1 atom stereocenters. The number of para-hydroxylation sites is 1. The molecule has 1 heterocycles. The topological polar surface area (TPSA) is 73.6 Å². The number of amides is 1. The number of methoxy groups -OCH3 is 2. The minimum absolute atomic E-state index is 0.0822. The summed E-state index contributed by atoms with van der Waals surface area (Å²) in [5, 5.41) is 3.00. The van der Waals surface area contributed by atoms with Crippen molar-refractivity contribution in [2.75, 3.05) is 19.5 Å². The molecule has 0 spiro atoms. The molecule has 0 aliphatic heterocycles. The van der Waals surface area contributed by atoms with Gasteiger partial charge in [0.05, 0.1) is 25.8 Å². The Morgan fingerprint density at radius 2 is 1.85 bits per heavy atom. The summed E-state index contributed by atoms with van der Waals surface area (Å²) in [6.45, 7) is 5.81. The monoisotopic (exact) mass is 368 g/mol. The van der Waals surface area contributed by atoms with Gasteiger partial charge in [0.2, 0.25) is 5.91 Å². The predicted octanol–water partition coefficient (Wildman–Crippen LogP) is 4.53. The molecule has 6 nitrogen and oxygen atoms in total. The molecule has 1 N–H and O–H groups in total. The first-order chi connectivity index (χ1) is 12.9. The number of benzene rings is 2. The van der Waals surface area contributed by atoms with Gasteiger partial charge in [-0.15, -0.1) is 0 Å². The maximum absolute atomic E-state index is 13.1. The number of hydrogen-bond acceptors (Lipinski definition) is 5. The van der Waals surface area contributed by atoms with E-state index in [0.29, 0.717) is 28.7 Å². The van der Waals surface area contributed by atoms with Gasteiger partial charge in [0.1, 0.15) is 5.52 Å². The Kier molecular flexibility index (Phi) is 5.35. The van der Waals surface area contributed by atoms with Gasteiger partial charge in [-0.3, -0.25) is 4.79 Å². The van der Waals surface area contributed by atoms with Gasteiger partial charge in [0.25, 0.3) is 0 Å². The molecule has 0 aliphatic rings. The van der Waals surface area contributed by atoms with Crippen LogP contribution in [0.4, 0.5) is 5.69 Å². The first-order valence-corrected chi connectivity index (χ1v) is 8.83. The first kappa shape index (κ1) is 18.8. The van der Waals surface area contributed by atoms with Crippen molar-refractivity contribution in [2.24, 2.45) is 5.92 Å². The number of carbonyl (C=O) groups is 1. The number of rotatable bonds is 6. The Morgan fingerprint density at radius 3 is 2.52 bits per heavy atom. The number of aryl methyl sites for hydroxylation is 1. The summed E-state index contributed by atoms with van der Waals surface area (Å²) in [5.41, 5.74) is 2.78. The summed E-state index contributed by atoms with van der Waals surface area (Å²) in [4.78, 5) is 17.4. The van der Waals surface area contributed by atoms with Crippen LogP contribution in [0.1, 0.15) is 31.2 Å². The van der Waals surface area contributed by atoms with Gasteiger partial charge in [-0.1, -0.05) is 26.0 Å². The van der Waals surface area contributed by atoms with Gasteiger partial charge in [-0.2, -0.15) is 0 Å². The van der Waals surface area contributed by atoms with Crippen LogP contribution in [-0.4, -0.2) is 25.1 Å². The molecule has 1 amide bonds. The number of fused-ring (bicyclic) bond motifs is 1. The van der Waals surface area contributed by atoms with Crippen LogP contribution in [0.25, 0.3) is 11.1 Å². The summed E-state index contributed by atoms with van der Waals surface area (Å²) in [5.74, 6) is 1.40. The lowest BCUT2D eigenvalue weighted by Crippen LogP contribution is -2.25. The van der Waals surface area contributed by atoms with E-state index in [4.69, 9.17) is 13.9 Å². The molecule has 1 aromatic heterocycles. The third-order valence-corrected chi connectivity index (χ3v) is 4.50. The zero-order valence-corrected chi connectivity index (χ0v) is 16.2. The molecule has 0 saturated heterocycles. The van der Waals surface area contributed by atoms with Gasteiger partial charge < -0.3 is 19.2 Å². The SMILES string of the molecule is COc1ccc(C(C(=O)Nc2cccc3nc(C)oc23)C(C)C)cc1OC. The molecule has 0 radical (unpaired) electrons. The van der Waals surface area contributed by atoms with E-state index in [2.05, 4.69) is 10.3 Å². The largest absolute Gasteiger partial charge is 0.493 e. The van der Waals surface area contributed by atoms with Crippen molar-refractivity contribution < 1.29 is 18.7 Å². The van der Waals surface area contributed by atoms with Gasteiger partial charge >= 0.3 is 0 Å². The number of anilines is 1. The lowest BCUT2D eigenvalue weighted by molar-refractivity contribution is -0.118. The maximum Gasteiger partial charge on any atom is 0.232 e. The number of aromatic nitrogens is 1. The number of nitrogens with zero attached hydrogens (tertiary/aromatic N) is 1. The van der Waals surface area contributed by atoms with Crippen molar-refractivity contribution in [3.8, 4) is 11.5 Å². The number of hydrogen-bond donors (Lipinski definition) is 1. The zero-order valence-electron chi connectivity index (χ0n) is 16.2. The molecule has 1 unspecified atom stereocenters. The van der Waals surface area contributed by atoms with Crippen molar-refractivity contribution in [1.29, 1.82) is 0 Å². The fourth-order valence-corrected chi connectivity index (χ4v) is 3.25. The smallest absolute Gasteiger partial charge is 0.232 e. The molecule has 0 bridgehead atoms. The predicted molar refractivity (Wildman–Crippen MR) is 105 cm³/mol. The van der Waals surface area contributed by atoms with Crippen LogP contribution in [0.2, 0.25) is 0 Å². The van der Waals surface area contributed by atoms with Gasteiger partial charge in [-0.25, -0.2) is 4.98 Å². The van der Waals surface area contributed by atoms with Gasteiger partial charge in [0, 0.05) is 6.92 Å². The van der Waals surface area contributed by atoms with Crippen LogP contribution in [0, 0.1) is 12.8 Å². The number of ether oxygens (including phenoxy) is 2. The summed E-state index contributed by atoms with van der Waals surface area (Å²) >= 11 is 0. The van der Waals surface area contributed by atoms with Crippen LogP contribution in [0.15, 0.2) is 40.8 Å². The third-order valence-electron chi connectivity index (χ3n) is 4.50. The third kappa shape index (κ3) is 3.74. The molecule has 3 rings (SSSR count). The number of oxazole rings is 1. The highest BCUT2D eigenvalue weighted by Crippen LogP contribution is 2.34. The Morgan fingerprint density at radius 1 is 1.11 bits per heavy atom. The molecule has 142 valence electrons. The van der Waals surface area contributed by atoms with Crippen LogP contribution >= 0.6 is 0 Å². The Balaban J connectivity index is 1.94. The molecule has 0 saturated carbocycles. The number of nitrogens with one attached hydrogen (secondary N) is 1. The van der Waals surface area contributed by atoms with E-state index >= 15 is 0 Å². The van der Waals surface area contributed by atoms with Crippen LogP contribution in [0.3, 0.4) is 0 Å². The second kappa shape index (κ2) is 7.70. The van der Waals surface area contributed by atoms with E-state index in [1.807, 2.05) is 50.2 Å². The average Bonchev–Trinajstić information content (AvgIpc) is 3.02. The Bertz CT molecular complexity index is 962. The van der Waals surface area contributed by atoms with Crippen molar-refractivity contribution in [1.82, 2.24) is 4.98 Å². The van der Waals surface area contributed by atoms with E-state index in [1.54, 1.807) is 21.1 Å². The lowest BCUT2D eigenvalue weighted by Gasteiger charge is -2.22. The minimum atomic E-state index is -0.357. The Labute approximate surface area is 158 Å². The molecule has 2 aromatic carbocycles. The highest BCUT2D eigenvalue weighted by atomic mass is 16.5. The molecular formula is C21H24N2O4. The van der Waals surface area contributed by atoms with E-state index in [1.165, 1.54) is 0 Å². The molecule has 0 aliphatic carbocycles. The van der Waals surface area contributed by atoms with E-state index in [9.17, 15) is 4.79 Å². The van der Waals surface area contributed by atoms with Crippen molar-refractivity contribution >= 4 is 22.7 Å². The number of carbonyl (C=O) groups excluding carboxylic acids is 1. The maximum atomic E-state index is 13.1. The summed E-state index contributed by atoms with van der Waals surface area (Å²) in [6.07, 6.45) is 0. The van der Waals surface area contributed by atoms with Gasteiger partial charge in [0.15, 0.2) is 23.0 Å². The first-order valence-electron chi connectivity index (χ1n) is 8.83. The van der Waals surface area contributed by atoms with Crippen LogP contribution < -0.4 is 14.8 Å². The highest BCUT2D eigenvalue weighted by Gasteiger charge is 2.26. The fourth-order valence-electron chi connectivity index (χ4n) is 3.25. The molecule has 27 heavy (non-hydrogen) atoms. The van der Waals surface area contributed by atoms with Crippen molar-refractivity contribution in [2.45, 2.75) is 26.7 Å². The molecule has 3 aromatic rings. The minimum Gasteiger partial charge on any atom is -0.493 e. The van der Waals surface area contributed by atoms with Crippen LogP contribution in [-0.2, 0) is 4.79 Å². The Hall–Kier alpha value is -3.02. The van der Waals surface area contributed by atoms with E-state index in [0.717, 1.165) is 11.1 Å². The van der Waals surface area contributed by atoms with E-state index in [-0.39, 0.29) is 17.7 Å². The average molecular weight is 368 g/mol. The second-order valence-electron chi connectivity index (χ2n) is 6.71. The normalized spacial score (nSPS) is 12.2. The zero-order chi connectivity index (χ0) is 19.6. The van der Waals surface area contributed by atoms with Crippen molar-refractivity contribution in [3.05, 3.63) is 47.9 Å². The summed E-state index contributed by atoms with van der Waals surface area (Å²) in [6, 6.07) is 11.1. The van der Waals surface area contributed by atoms with Gasteiger partial charge in [-0.05, 0) is 35.7 Å². The summed E-state index contributed by atoms with van der Waals surface area (Å²) < 4.78 is 16.3. The molecule has 6 heteroatoms. The standard InChI is InChI=1S/C21H24N2O4/c1-12(2)19(14-9-10-17(25-4)18(11-14)26-5)21(24)23-16-8-6-7-15-20(16)27-13(3)22-15/h6-12,19H,1-5H3,(H,23,24). The molecular weight excluding hydrogens is 344 g/mol. The second-order valence-corrected chi connectivity index (χ2v) is 6.71. The lowest BCUT2D eigenvalue weighted by atomic mass is 9.87.